The molecule has 1 aromatic heterocycles. The molecule has 164 valence electrons. The smallest absolute Gasteiger partial charge is 0.272 e. The molecular weight excluding hydrogens is 432 g/mol. The van der Waals surface area contributed by atoms with Gasteiger partial charge in [0.1, 0.15) is 11.4 Å². The van der Waals surface area contributed by atoms with Gasteiger partial charge in [0, 0.05) is 10.4 Å². The number of benzene rings is 3. The quantitative estimate of drug-likeness (QED) is 0.324. The van der Waals surface area contributed by atoms with Gasteiger partial charge in [-0.15, -0.1) is 11.3 Å². The number of hydrogen-bond donors (Lipinski definition) is 2. The maximum absolute atomic E-state index is 13.2. The molecule has 4 aromatic rings. The predicted molar refractivity (Wildman–Crippen MR) is 133 cm³/mol. The number of amides is 2. The molecule has 33 heavy (non-hydrogen) atoms. The standard InChI is InChI=1S/C27H22N2O3S/c1-19-13-15-20(16-14-19)26(30)29-24(18-22-10-7-17-33-22)27(31)28-23-11-5-6-12-25(23)32-21-8-3-2-4-9-21/h2-18H,1H3,(H,28,31)(H,29,30)/b24-18-. The van der Waals surface area contributed by atoms with Crippen LogP contribution in [0, 0.1) is 6.92 Å². The summed E-state index contributed by atoms with van der Waals surface area (Å²) in [5, 5.41) is 7.53. The van der Waals surface area contributed by atoms with Gasteiger partial charge in [0.2, 0.25) is 0 Å². The minimum Gasteiger partial charge on any atom is -0.455 e. The lowest BCUT2D eigenvalue weighted by atomic mass is 10.1. The second-order valence-corrected chi connectivity index (χ2v) is 8.24. The fourth-order valence-corrected chi connectivity index (χ4v) is 3.69. The zero-order chi connectivity index (χ0) is 23.0. The average molecular weight is 455 g/mol. The van der Waals surface area contributed by atoms with E-state index >= 15 is 0 Å². The molecule has 0 spiro atoms. The van der Waals surface area contributed by atoms with Crippen molar-refractivity contribution < 1.29 is 14.3 Å². The molecule has 0 saturated heterocycles. The van der Waals surface area contributed by atoms with Crippen molar-refractivity contribution in [3.8, 4) is 11.5 Å². The molecule has 0 aliphatic heterocycles. The van der Waals surface area contributed by atoms with Gasteiger partial charge in [0.25, 0.3) is 11.8 Å². The predicted octanol–water partition coefficient (Wildman–Crippen LogP) is 6.26. The van der Waals surface area contributed by atoms with E-state index < -0.39 is 5.91 Å². The van der Waals surface area contributed by atoms with Crippen LogP contribution in [0.3, 0.4) is 0 Å². The summed E-state index contributed by atoms with van der Waals surface area (Å²) in [5.74, 6) is 0.341. The third kappa shape index (κ3) is 5.96. The average Bonchev–Trinajstić information content (AvgIpc) is 3.34. The number of carbonyl (C=O) groups is 2. The summed E-state index contributed by atoms with van der Waals surface area (Å²) >= 11 is 1.47. The summed E-state index contributed by atoms with van der Waals surface area (Å²) in [6.07, 6.45) is 1.66. The van der Waals surface area contributed by atoms with Crippen LogP contribution >= 0.6 is 11.3 Å². The topological polar surface area (TPSA) is 67.4 Å². The molecule has 0 saturated carbocycles. The van der Waals surface area contributed by atoms with Crippen molar-refractivity contribution >= 4 is 34.9 Å². The highest BCUT2D eigenvalue weighted by atomic mass is 32.1. The van der Waals surface area contributed by atoms with E-state index in [1.165, 1.54) is 11.3 Å². The van der Waals surface area contributed by atoms with Crippen molar-refractivity contribution in [1.82, 2.24) is 5.32 Å². The molecular formula is C27H22N2O3S. The van der Waals surface area contributed by atoms with Crippen molar-refractivity contribution in [2.45, 2.75) is 6.92 Å². The van der Waals surface area contributed by atoms with E-state index in [1.54, 1.807) is 36.4 Å². The van der Waals surface area contributed by atoms with Crippen LogP contribution in [0.15, 0.2) is 102 Å². The van der Waals surface area contributed by atoms with E-state index in [4.69, 9.17) is 4.74 Å². The largest absolute Gasteiger partial charge is 0.455 e. The number of hydrogen-bond acceptors (Lipinski definition) is 4. The van der Waals surface area contributed by atoms with Crippen molar-refractivity contribution in [3.05, 3.63) is 118 Å². The molecule has 0 radical (unpaired) electrons. The van der Waals surface area contributed by atoms with Crippen LogP contribution in [-0.4, -0.2) is 11.8 Å². The van der Waals surface area contributed by atoms with Gasteiger partial charge in [0.05, 0.1) is 5.69 Å². The summed E-state index contributed by atoms with van der Waals surface area (Å²) in [4.78, 5) is 26.9. The third-order valence-corrected chi connectivity index (χ3v) is 5.56. The number of nitrogens with one attached hydrogen (secondary N) is 2. The van der Waals surface area contributed by atoms with Gasteiger partial charge in [-0.25, -0.2) is 0 Å². The minimum atomic E-state index is -0.451. The van der Waals surface area contributed by atoms with Gasteiger partial charge < -0.3 is 15.4 Å². The summed E-state index contributed by atoms with van der Waals surface area (Å²) < 4.78 is 5.94. The first-order valence-electron chi connectivity index (χ1n) is 10.3. The van der Waals surface area contributed by atoms with Gasteiger partial charge in [0.15, 0.2) is 5.75 Å². The van der Waals surface area contributed by atoms with E-state index in [0.29, 0.717) is 22.7 Å². The second-order valence-electron chi connectivity index (χ2n) is 7.26. The van der Waals surface area contributed by atoms with Crippen molar-refractivity contribution in [2.75, 3.05) is 5.32 Å². The Morgan fingerprint density at radius 1 is 0.848 bits per heavy atom. The molecule has 0 unspecified atom stereocenters. The molecule has 3 aromatic carbocycles. The maximum atomic E-state index is 13.2. The molecule has 1 heterocycles. The van der Waals surface area contributed by atoms with E-state index in [0.717, 1.165) is 10.4 Å². The van der Waals surface area contributed by atoms with Crippen molar-refractivity contribution in [2.24, 2.45) is 0 Å². The van der Waals surface area contributed by atoms with Crippen molar-refractivity contribution in [3.63, 3.8) is 0 Å². The molecule has 0 atom stereocenters. The van der Waals surface area contributed by atoms with Gasteiger partial charge in [-0.1, -0.05) is 54.1 Å². The molecule has 0 aliphatic carbocycles. The molecule has 0 aliphatic rings. The van der Waals surface area contributed by atoms with Crippen LogP contribution in [0.4, 0.5) is 5.69 Å². The lowest BCUT2D eigenvalue weighted by molar-refractivity contribution is -0.113. The van der Waals surface area contributed by atoms with E-state index in [2.05, 4.69) is 10.6 Å². The minimum absolute atomic E-state index is 0.137. The molecule has 0 bridgehead atoms. The first kappa shape index (κ1) is 22.0. The summed E-state index contributed by atoms with van der Waals surface area (Å²) in [6.45, 7) is 1.95. The Morgan fingerprint density at radius 2 is 1.58 bits per heavy atom. The molecule has 0 fully saturated rings. The number of ether oxygens (including phenoxy) is 1. The van der Waals surface area contributed by atoms with Gasteiger partial charge in [-0.2, -0.15) is 0 Å². The summed E-state index contributed by atoms with van der Waals surface area (Å²) in [5.41, 5.74) is 2.15. The molecule has 6 heteroatoms. The fraction of sp³-hybridized carbons (Fsp3) is 0.0370. The van der Waals surface area contributed by atoms with Gasteiger partial charge in [-0.05, 0) is 60.8 Å². The molecule has 4 rings (SSSR count). The highest BCUT2D eigenvalue weighted by Crippen LogP contribution is 2.29. The van der Waals surface area contributed by atoms with Crippen LogP contribution in [0.1, 0.15) is 20.8 Å². The number of rotatable bonds is 7. The van der Waals surface area contributed by atoms with Crippen LogP contribution in [0.25, 0.3) is 6.08 Å². The number of aryl methyl sites for hydroxylation is 1. The Kier molecular flexibility index (Phi) is 6.97. The Balaban J connectivity index is 1.57. The van der Waals surface area contributed by atoms with E-state index in [1.807, 2.05) is 73.0 Å². The number of thiophene rings is 1. The van der Waals surface area contributed by atoms with Crippen LogP contribution in [-0.2, 0) is 4.79 Å². The lowest BCUT2D eigenvalue weighted by Gasteiger charge is -2.14. The monoisotopic (exact) mass is 454 g/mol. The van der Waals surface area contributed by atoms with Crippen LogP contribution in [0.5, 0.6) is 11.5 Å². The number of anilines is 1. The second kappa shape index (κ2) is 10.4. The Bertz CT molecular complexity index is 1260. The maximum Gasteiger partial charge on any atom is 0.272 e. The molecule has 5 nitrogen and oxygen atoms in total. The SMILES string of the molecule is Cc1ccc(C(=O)N/C(=C\c2cccs2)C(=O)Nc2ccccc2Oc2ccccc2)cc1. The van der Waals surface area contributed by atoms with Gasteiger partial charge >= 0.3 is 0 Å². The zero-order valence-electron chi connectivity index (χ0n) is 17.9. The highest BCUT2D eigenvalue weighted by molar-refractivity contribution is 7.10. The van der Waals surface area contributed by atoms with Crippen LogP contribution in [0.2, 0.25) is 0 Å². The van der Waals surface area contributed by atoms with Crippen molar-refractivity contribution in [1.29, 1.82) is 0 Å². The molecule has 2 N–H and O–H groups in total. The van der Waals surface area contributed by atoms with Gasteiger partial charge in [-0.3, -0.25) is 9.59 Å². The highest BCUT2D eigenvalue weighted by Gasteiger charge is 2.17. The Morgan fingerprint density at radius 3 is 2.30 bits per heavy atom. The number of para-hydroxylation sites is 3. The summed E-state index contributed by atoms with van der Waals surface area (Å²) in [6, 6.07) is 27.4. The third-order valence-electron chi connectivity index (χ3n) is 4.74. The Hall–Kier alpha value is -4.16. The first-order valence-corrected chi connectivity index (χ1v) is 11.2. The fourth-order valence-electron chi connectivity index (χ4n) is 3.04. The normalized spacial score (nSPS) is 11.0. The Labute approximate surface area is 196 Å². The summed E-state index contributed by atoms with van der Waals surface area (Å²) in [7, 11) is 0. The number of carbonyl (C=O) groups excluding carboxylic acids is 2. The zero-order valence-corrected chi connectivity index (χ0v) is 18.8. The lowest BCUT2D eigenvalue weighted by Crippen LogP contribution is -2.30. The van der Waals surface area contributed by atoms with Crippen LogP contribution < -0.4 is 15.4 Å². The van der Waals surface area contributed by atoms with E-state index in [9.17, 15) is 9.59 Å². The molecule has 2 amide bonds. The van der Waals surface area contributed by atoms with E-state index in [-0.39, 0.29) is 11.6 Å². The first-order chi connectivity index (χ1) is 16.1.